The number of hydrogen-bond acceptors (Lipinski definition) is 2. The van der Waals surface area contributed by atoms with Crippen LogP contribution in [0.1, 0.15) is 31.7 Å². The highest BCUT2D eigenvalue weighted by Crippen LogP contribution is 2.30. The van der Waals surface area contributed by atoms with Gasteiger partial charge in [-0.3, -0.25) is 0 Å². The van der Waals surface area contributed by atoms with Gasteiger partial charge in [-0.2, -0.15) is 12.6 Å². The minimum atomic E-state index is 0.550. The van der Waals surface area contributed by atoms with Crippen LogP contribution in [-0.2, 0) is 0 Å². The van der Waals surface area contributed by atoms with Crippen LogP contribution < -0.4 is 4.74 Å². The first-order valence-corrected chi connectivity index (χ1v) is 6.64. The van der Waals surface area contributed by atoms with Crippen molar-refractivity contribution in [2.45, 2.75) is 26.2 Å². The smallest absolute Gasteiger partial charge is 0.133 e. The summed E-state index contributed by atoms with van der Waals surface area (Å²) < 4.78 is 6.50. The van der Waals surface area contributed by atoms with Gasteiger partial charge in [-0.1, -0.05) is 13.0 Å². The molecule has 0 aromatic heterocycles. The van der Waals surface area contributed by atoms with Crippen molar-refractivity contribution in [1.29, 1.82) is 0 Å². The van der Waals surface area contributed by atoms with E-state index < -0.39 is 0 Å². The Hall–Kier alpha value is -0.150. The van der Waals surface area contributed by atoms with Gasteiger partial charge >= 0.3 is 0 Å². The summed E-state index contributed by atoms with van der Waals surface area (Å²) in [6, 6.07) is 6.29. The lowest BCUT2D eigenvalue weighted by molar-refractivity contribution is 0.338. The van der Waals surface area contributed by atoms with Gasteiger partial charge in [0.05, 0.1) is 11.1 Å². The van der Waals surface area contributed by atoms with Gasteiger partial charge in [0.25, 0.3) is 0 Å². The molecule has 1 unspecified atom stereocenters. The summed E-state index contributed by atoms with van der Waals surface area (Å²) in [6.07, 6.45) is 1.10. The lowest BCUT2D eigenvalue weighted by Gasteiger charge is -2.12. The zero-order valence-corrected chi connectivity index (χ0v) is 11.6. The van der Waals surface area contributed by atoms with Crippen molar-refractivity contribution in [1.82, 2.24) is 0 Å². The average molecular weight is 289 g/mol. The third-order valence-electron chi connectivity index (χ3n) is 2.39. The van der Waals surface area contributed by atoms with E-state index in [4.69, 9.17) is 4.74 Å². The van der Waals surface area contributed by atoms with E-state index in [1.54, 1.807) is 0 Å². The molecule has 0 aliphatic carbocycles. The van der Waals surface area contributed by atoms with Crippen molar-refractivity contribution in [3.05, 3.63) is 28.2 Å². The number of benzene rings is 1. The lowest BCUT2D eigenvalue weighted by atomic mass is 9.99. The third kappa shape index (κ3) is 3.72. The Kier molecular flexibility index (Phi) is 5.54. The van der Waals surface area contributed by atoms with Gasteiger partial charge in [0.15, 0.2) is 0 Å². The molecular formula is C12H17BrOS. The molecule has 0 bridgehead atoms. The quantitative estimate of drug-likeness (QED) is 0.796. The Morgan fingerprint density at radius 2 is 2.20 bits per heavy atom. The number of thiol groups is 1. The van der Waals surface area contributed by atoms with Gasteiger partial charge in [-0.05, 0) is 58.6 Å². The second kappa shape index (κ2) is 6.44. The zero-order chi connectivity index (χ0) is 11.3. The molecule has 1 aromatic rings. The van der Waals surface area contributed by atoms with Gasteiger partial charge in [0, 0.05) is 0 Å². The Morgan fingerprint density at radius 1 is 1.47 bits per heavy atom. The maximum Gasteiger partial charge on any atom is 0.133 e. The maximum absolute atomic E-state index is 5.47. The highest BCUT2D eigenvalue weighted by atomic mass is 79.9. The predicted octanol–water partition coefficient (Wildman–Crippen LogP) is 4.27. The van der Waals surface area contributed by atoms with E-state index in [1.165, 1.54) is 5.56 Å². The fraction of sp³-hybridized carbons (Fsp3) is 0.500. The van der Waals surface area contributed by atoms with Crippen molar-refractivity contribution < 1.29 is 4.74 Å². The molecule has 15 heavy (non-hydrogen) atoms. The molecule has 1 nitrogen and oxygen atoms in total. The van der Waals surface area contributed by atoms with E-state index in [2.05, 4.69) is 47.6 Å². The fourth-order valence-electron chi connectivity index (χ4n) is 1.46. The fourth-order valence-corrected chi connectivity index (χ4v) is 2.35. The van der Waals surface area contributed by atoms with Crippen LogP contribution in [0.5, 0.6) is 5.75 Å². The molecular weight excluding hydrogens is 272 g/mol. The van der Waals surface area contributed by atoms with Crippen LogP contribution in [-0.4, -0.2) is 12.4 Å². The molecule has 1 rings (SSSR count). The Morgan fingerprint density at radius 3 is 2.73 bits per heavy atom. The van der Waals surface area contributed by atoms with Crippen molar-refractivity contribution in [3.63, 3.8) is 0 Å². The van der Waals surface area contributed by atoms with E-state index >= 15 is 0 Å². The Balaban J connectivity index is 2.81. The highest BCUT2D eigenvalue weighted by molar-refractivity contribution is 9.10. The normalized spacial score (nSPS) is 12.5. The molecule has 0 saturated carbocycles. The van der Waals surface area contributed by atoms with Crippen LogP contribution in [0.25, 0.3) is 0 Å². The van der Waals surface area contributed by atoms with Crippen LogP contribution in [0.2, 0.25) is 0 Å². The molecule has 0 aliphatic rings. The van der Waals surface area contributed by atoms with Crippen LogP contribution in [0, 0.1) is 0 Å². The van der Waals surface area contributed by atoms with Gasteiger partial charge < -0.3 is 4.74 Å². The first kappa shape index (κ1) is 12.9. The summed E-state index contributed by atoms with van der Waals surface area (Å²) in [4.78, 5) is 0. The Labute approximate surface area is 106 Å². The van der Waals surface area contributed by atoms with Crippen molar-refractivity contribution >= 4 is 28.6 Å². The minimum absolute atomic E-state index is 0.550. The molecule has 0 fully saturated rings. The second-order valence-electron chi connectivity index (χ2n) is 3.54. The molecule has 3 heteroatoms. The van der Waals surface area contributed by atoms with Crippen molar-refractivity contribution in [3.8, 4) is 5.75 Å². The molecule has 84 valence electrons. The summed E-state index contributed by atoms with van der Waals surface area (Å²) >= 11 is 7.78. The summed E-state index contributed by atoms with van der Waals surface area (Å²) in [5.74, 6) is 2.39. The standard InChI is InChI=1S/C12H17BrOS/c1-3-14-12-5-4-10(8-11(12)13)9(2)6-7-15/h4-5,8-9,15H,3,6-7H2,1-2H3. The summed E-state index contributed by atoms with van der Waals surface area (Å²) in [5, 5.41) is 0. The molecule has 0 radical (unpaired) electrons. The van der Waals surface area contributed by atoms with E-state index in [-0.39, 0.29) is 0 Å². The number of halogens is 1. The van der Waals surface area contributed by atoms with Gasteiger partial charge in [-0.15, -0.1) is 0 Å². The Bertz CT molecular complexity index is 314. The molecule has 0 N–H and O–H groups in total. The van der Waals surface area contributed by atoms with Crippen LogP contribution in [0.3, 0.4) is 0 Å². The van der Waals surface area contributed by atoms with Gasteiger partial charge in [0.2, 0.25) is 0 Å². The van der Waals surface area contributed by atoms with Gasteiger partial charge in [-0.25, -0.2) is 0 Å². The van der Waals surface area contributed by atoms with E-state index in [0.29, 0.717) is 12.5 Å². The van der Waals surface area contributed by atoms with Crippen LogP contribution in [0.15, 0.2) is 22.7 Å². The molecule has 1 atom stereocenters. The monoisotopic (exact) mass is 288 g/mol. The maximum atomic E-state index is 5.47. The zero-order valence-electron chi connectivity index (χ0n) is 9.16. The first-order chi connectivity index (χ1) is 7.19. The van der Waals surface area contributed by atoms with E-state index in [9.17, 15) is 0 Å². The highest BCUT2D eigenvalue weighted by Gasteiger charge is 2.07. The first-order valence-electron chi connectivity index (χ1n) is 5.22. The number of hydrogen-bond donors (Lipinski definition) is 1. The van der Waals surface area contributed by atoms with Crippen LogP contribution in [0.4, 0.5) is 0 Å². The van der Waals surface area contributed by atoms with Crippen LogP contribution >= 0.6 is 28.6 Å². The molecule has 1 aromatic carbocycles. The average Bonchev–Trinajstić information content (AvgIpc) is 2.21. The number of ether oxygens (including phenoxy) is 1. The van der Waals surface area contributed by atoms with Crippen molar-refractivity contribution in [2.24, 2.45) is 0 Å². The molecule has 0 amide bonds. The molecule has 0 heterocycles. The number of rotatable bonds is 5. The second-order valence-corrected chi connectivity index (χ2v) is 4.84. The predicted molar refractivity (Wildman–Crippen MR) is 72.2 cm³/mol. The molecule has 0 aliphatic heterocycles. The molecule has 0 spiro atoms. The van der Waals surface area contributed by atoms with Gasteiger partial charge in [0.1, 0.15) is 5.75 Å². The third-order valence-corrected chi connectivity index (χ3v) is 3.26. The summed E-state index contributed by atoms with van der Waals surface area (Å²) in [6.45, 7) is 4.91. The SMILES string of the molecule is CCOc1ccc(C(C)CCS)cc1Br. The minimum Gasteiger partial charge on any atom is -0.493 e. The summed E-state index contributed by atoms with van der Waals surface area (Å²) in [7, 11) is 0. The lowest BCUT2D eigenvalue weighted by Crippen LogP contribution is -1.97. The van der Waals surface area contributed by atoms with E-state index in [1.807, 2.05) is 13.0 Å². The van der Waals surface area contributed by atoms with E-state index in [0.717, 1.165) is 22.4 Å². The summed E-state index contributed by atoms with van der Waals surface area (Å²) in [5.41, 5.74) is 1.33. The molecule has 0 saturated heterocycles. The topological polar surface area (TPSA) is 9.23 Å². The largest absolute Gasteiger partial charge is 0.493 e. The van der Waals surface area contributed by atoms with Crippen molar-refractivity contribution in [2.75, 3.05) is 12.4 Å².